The van der Waals surface area contributed by atoms with Gasteiger partial charge in [0.1, 0.15) is 0 Å². The maximum Gasteiger partial charge on any atom is 0.254 e. The fraction of sp³-hybridized carbons (Fsp3) is 0.318. The van der Waals surface area contributed by atoms with E-state index in [2.05, 4.69) is 22.3 Å². The third kappa shape index (κ3) is 4.24. The van der Waals surface area contributed by atoms with Crippen molar-refractivity contribution in [3.8, 4) is 11.5 Å². The Bertz CT molecular complexity index is 1050. The van der Waals surface area contributed by atoms with Crippen LogP contribution in [0.4, 0.5) is 0 Å². The van der Waals surface area contributed by atoms with Crippen LogP contribution in [0.2, 0.25) is 5.02 Å². The molecule has 1 aliphatic carbocycles. The maximum absolute atomic E-state index is 13.2. The molecule has 1 aromatic heterocycles. The van der Waals surface area contributed by atoms with Crippen LogP contribution in [0.3, 0.4) is 0 Å². The summed E-state index contributed by atoms with van der Waals surface area (Å²) < 4.78 is 6.31. The van der Waals surface area contributed by atoms with Gasteiger partial charge >= 0.3 is 0 Å². The molecule has 1 amide bonds. The number of carbonyl (C=O) groups excluding carboxylic acids is 1. The molecule has 30 heavy (non-hydrogen) atoms. The molecule has 5 rings (SSSR count). The van der Waals surface area contributed by atoms with E-state index in [1.807, 2.05) is 58.8 Å². The predicted octanol–water partition coefficient (Wildman–Crippen LogP) is 5.67. The molecule has 154 valence electrons. The van der Waals surface area contributed by atoms with Gasteiger partial charge < -0.3 is 9.32 Å². The highest BCUT2D eigenvalue weighted by Gasteiger charge is 2.34. The summed E-state index contributed by atoms with van der Waals surface area (Å²) in [5.41, 5.74) is 2.67. The van der Waals surface area contributed by atoms with Gasteiger partial charge in [0.2, 0.25) is 11.8 Å². The number of rotatable bonds is 6. The second-order valence-corrected chi connectivity index (χ2v) is 10.5. The number of amides is 1. The van der Waals surface area contributed by atoms with Crippen LogP contribution in [0, 0.1) is 0 Å². The standard InChI is InChI=1S/C22H20ClN3O2S2/c23-18-4-2-1-3-17(18)20-25-24-19(28-20)13-26(16-9-10-16)21(27)14-5-7-15(8-6-14)22-29-11-12-30-22/h1-8,16,22H,9-13H2. The Morgan fingerprint density at radius 1 is 1.07 bits per heavy atom. The molecular formula is C22H20ClN3O2S2. The predicted molar refractivity (Wildman–Crippen MR) is 122 cm³/mol. The zero-order valence-electron chi connectivity index (χ0n) is 16.2. The monoisotopic (exact) mass is 457 g/mol. The van der Waals surface area contributed by atoms with E-state index in [0.717, 1.165) is 12.8 Å². The van der Waals surface area contributed by atoms with Crippen LogP contribution in [0.25, 0.3) is 11.5 Å². The van der Waals surface area contributed by atoms with E-state index in [-0.39, 0.29) is 11.9 Å². The molecule has 0 spiro atoms. The van der Waals surface area contributed by atoms with Crippen molar-refractivity contribution >= 4 is 41.0 Å². The molecule has 2 aliphatic rings. The number of hydrogen-bond acceptors (Lipinski definition) is 6. The number of aromatic nitrogens is 2. The lowest BCUT2D eigenvalue weighted by atomic mass is 10.1. The summed E-state index contributed by atoms with van der Waals surface area (Å²) in [6.45, 7) is 0.303. The van der Waals surface area contributed by atoms with E-state index in [1.165, 1.54) is 17.1 Å². The first-order valence-corrected chi connectivity index (χ1v) is 12.4. The van der Waals surface area contributed by atoms with Crippen molar-refractivity contribution < 1.29 is 9.21 Å². The smallest absolute Gasteiger partial charge is 0.254 e. The van der Waals surface area contributed by atoms with Gasteiger partial charge in [0.05, 0.1) is 21.7 Å². The minimum Gasteiger partial charge on any atom is -0.419 e. The number of carbonyl (C=O) groups is 1. The lowest BCUT2D eigenvalue weighted by Crippen LogP contribution is -2.32. The fourth-order valence-corrected chi connectivity index (χ4v) is 6.54. The van der Waals surface area contributed by atoms with Crippen molar-refractivity contribution in [2.24, 2.45) is 0 Å². The number of halogens is 1. The summed E-state index contributed by atoms with van der Waals surface area (Å²) in [4.78, 5) is 15.0. The van der Waals surface area contributed by atoms with Gasteiger partial charge in [0, 0.05) is 23.1 Å². The highest BCUT2D eigenvalue weighted by atomic mass is 35.5. The summed E-state index contributed by atoms with van der Waals surface area (Å²) in [6.07, 6.45) is 2.01. The van der Waals surface area contributed by atoms with Crippen LogP contribution in [0.1, 0.15) is 39.2 Å². The molecule has 2 fully saturated rings. The normalized spacial score (nSPS) is 16.7. The molecule has 2 heterocycles. The Morgan fingerprint density at radius 3 is 2.50 bits per heavy atom. The molecule has 0 unspecified atom stereocenters. The Hall–Kier alpha value is -1.96. The summed E-state index contributed by atoms with van der Waals surface area (Å²) in [5.74, 6) is 3.17. The second-order valence-electron chi connectivity index (χ2n) is 7.34. The molecule has 0 bridgehead atoms. The van der Waals surface area contributed by atoms with Gasteiger partial charge in [-0.25, -0.2) is 0 Å². The molecular weight excluding hydrogens is 438 g/mol. The molecule has 0 radical (unpaired) electrons. The maximum atomic E-state index is 13.2. The second kappa shape index (κ2) is 8.65. The van der Waals surface area contributed by atoms with Crippen molar-refractivity contribution in [2.45, 2.75) is 30.0 Å². The van der Waals surface area contributed by atoms with Gasteiger partial charge in [-0.3, -0.25) is 4.79 Å². The Morgan fingerprint density at radius 2 is 1.80 bits per heavy atom. The van der Waals surface area contributed by atoms with Crippen molar-refractivity contribution in [1.29, 1.82) is 0 Å². The van der Waals surface area contributed by atoms with Crippen molar-refractivity contribution in [3.05, 3.63) is 70.6 Å². The number of nitrogens with zero attached hydrogens (tertiary/aromatic N) is 3. The van der Waals surface area contributed by atoms with E-state index in [1.54, 1.807) is 6.07 Å². The molecule has 2 aromatic carbocycles. The summed E-state index contributed by atoms with van der Waals surface area (Å²) >= 11 is 10.2. The lowest BCUT2D eigenvalue weighted by molar-refractivity contribution is 0.0714. The number of thioether (sulfide) groups is 2. The highest BCUT2D eigenvalue weighted by Crippen LogP contribution is 2.45. The third-order valence-electron chi connectivity index (χ3n) is 5.18. The average Bonchev–Trinajstić information content (AvgIpc) is 3.26. The van der Waals surface area contributed by atoms with E-state index >= 15 is 0 Å². The summed E-state index contributed by atoms with van der Waals surface area (Å²) in [6, 6.07) is 15.6. The highest BCUT2D eigenvalue weighted by molar-refractivity contribution is 8.19. The van der Waals surface area contributed by atoms with Gasteiger partial charge in [-0.2, -0.15) is 0 Å². The van der Waals surface area contributed by atoms with Crippen molar-refractivity contribution in [3.63, 3.8) is 0 Å². The Labute approximate surface area is 188 Å². The molecule has 0 atom stereocenters. The molecule has 1 saturated carbocycles. The first-order chi connectivity index (χ1) is 14.7. The fourth-order valence-electron chi connectivity index (χ4n) is 3.46. The molecule has 0 N–H and O–H groups in total. The Balaban J connectivity index is 1.32. The van der Waals surface area contributed by atoms with Gasteiger partial charge in [-0.15, -0.1) is 33.7 Å². The van der Waals surface area contributed by atoms with Crippen LogP contribution >= 0.6 is 35.1 Å². The van der Waals surface area contributed by atoms with E-state index in [0.29, 0.717) is 39.1 Å². The first-order valence-electron chi connectivity index (χ1n) is 9.90. The Kier molecular flexibility index (Phi) is 5.76. The molecule has 3 aromatic rings. The van der Waals surface area contributed by atoms with Gasteiger partial charge in [0.15, 0.2) is 0 Å². The summed E-state index contributed by atoms with van der Waals surface area (Å²) in [5, 5.41) is 8.83. The zero-order chi connectivity index (χ0) is 20.5. The molecule has 5 nitrogen and oxygen atoms in total. The first kappa shape index (κ1) is 20.0. The molecule has 1 aliphatic heterocycles. The van der Waals surface area contributed by atoms with Gasteiger partial charge in [-0.1, -0.05) is 35.9 Å². The molecule has 1 saturated heterocycles. The van der Waals surface area contributed by atoms with Crippen molar-refractivity contribution in [1.82, 2.24) is 15.1 Å². The van der Waals surface area contributed by atoms with Crippen LogP contribution in [-0.4, -0.2) is 38.6 Å². The third-order valence-corrected chi connectivity index (χ3v) is 8.61. The summed E-state index contributed by atoms with van der Waals surface area (Å²) in [7, 11) is 0. The van der Waals surface area contributed by atoms with Crippen LogP contribution in [0.15, 0.2) is 52.9 Å². The quantitative estimate of drug-likeness (QED) is 0.475. The van der Waals surface area contributed by atoms with E-state index in [9.17, 15) is 4.79 Å². The molecule has 8 heteroatoms. The van der Waals surface area contributed by atoms with Crippen LogP contribution in [0.5, 0.6) is 0 Å². The minimum atomic E-state index is 0.00766. The van der Waals surface area contributed by atoms with Crippen LogP contribution < -0.4 is 0 Å². The van der Waals surface area contributed by atoms with Gasteiger partial charge in [0.25, 0.3) is 5.91 Å². The van der Waals surface area contributed by atoms with Crippen molar-refractivity contribution in [2.75, 3.05) is 11.5 Å². The number of benzene rings is 2. The van der Waals surface area contributed by atoms with E-state index in [4.69, 9.17) is 16.0 Å². The zero-order valence-corrected chi connectivity index (χ0v) is 18.6. The van der Waals surface area contributed by atoms with Gasteiger partial charge in [-0.05, 0) is 42.7 Å². The SMILES string of the molecule is O=C(c1ccc(C2SCCS2)cc1)N(Cc1nnc(-c2ccccc2Cl)o1)C1CC1. The average molecular weight is 458 g/mol. The van der Waals surface area contributed by atoms with Crippen LogP contribution in [-0.2, 0) is 6.54 Å². The largest absolute Gasteiger partial charge is 0.419 e. The topological polar surface area (TPSA) is 59.2 Å². The van der Waals surface area contributed by atoms with E-state index < -0.39 is 0 Å². The lowest BCUT2D eigenvalue weighted by Gasteiger charge is -2.21. The number of hydrogen-bond donors (Lipinski definition) is 0. The minimum absolute atomic E-state index is 0.00766.